The summed E-state index contributed by atoms with van der Waals surface area (Å²) in [7, 11) is -4.38. The molecule has 0 bridgehead atoms. The molecule has 396 valence electrons. The lowest BCUT2D eigenvalue weighted by atomic mass is 10.0. The predicted octanol–water partition coefficient (Wildman–Crippen LogP) is 17.3. The van der Waals surface area contributed by atoms with Crippen molar-refractivity contribution in [3.05, 3.63) is 97.2 Å². The lowest BCUT2D eigenvalue weighted by molar-refractivity contribution is -0.161. The summed E-state index contributed by atoms with van der Waals surface area (Å²) in [5, 5.41) is 0. The fraction of sp³-hybridized carbons (Fsp3) is 0.695. The molecule has 2 unspecified atom stereocenters. The fourth-order valence-electron chi connectivity index (χ4n) is 7.42. The van der Waals surface area contributed by atoms with Gasteiger partial charge in [0.1, 0.15) is 6.61 Å². The first-order chi connectivity index (χ1) is 33.8. The van der Waals surface area contributed by atoms with Gasteiger partial charge in [0, 0.05) is 19.4 Å². The number of phosphoric acid groups is 1. The third-order valence-electron chi connectivity index (χ3n) is 11.5. The van der Waals surface area contributed by atoms with Gasteiger partial charge in [0.15, 0.2) is 6.10 Å². The monoisotopic (exact) mass is 984 g/mol. The van der Waals surface area contributed by atoms with Gasteiger partial charge in [0.2, 0.25) is 0 Å². The Labute approximate surface area is 423 Å². The molecular weight excluding hydrogens is 882 g/mol. The first-order valence-electron chi connectivity index (χ1n) is 27.7. The van der Waals surface area contributed by atoms with Crippen LogP contribution < -0.4 is 5.73 Å². The molecular formula is C59H102NO8P. The normalized spacial score (nSPS) is 13.9. The van der Waals surface area contributed by atoms with Gasteiger partial charge >= 0.3 is 19.8 Å². The number of carbonyl (C=O) groups is 2. The third kappa shape index (κ3) is 54.1. The number of rotatable bonds is 51. The minimum absolute atomic E-state index is 0.0509. The highest BCUT2D eigenvalue weighted by Crippen LogP contribution is 2.43. The highest BCUT2D eigenvalue weighted by atomic mass is 31.2. The van der Waals surface area contributed by atoms with Gasteiger partial charge in [0.05, 0.1) is 13.2 Å². The van der Waals surface area contributed by atoms with Crippen LogP contribution >= 0.6 is 7.82 Å². The van der Waals surface area contributed by atoms with E-state index in [4.69, 9.17) is 24.3 Å². The molecule has 9 nitrogen and oxygen atoms in total. The van der Waals surface area contributed by atoms with E-state index in [0.717, 1.165) is 89.9 Å². The lowest BCUT2D eigenvalue weighted by Crippen LogP contribution is -2.29. The van der Waals surface area contributed by atoms with Crippen molar-refractivity contribution < 1.29 is 37.6 Å². The average Bonchev–Trinajstić information content (AvgIpc) is 3.34. The Morgan fingerprint density at radius 3 is 1.19 bits per heavy atom. The van der Waals surface area contributed by atoms with E-state index in [1.807, 2.05) is 0 Å². The van der Waals surface area contributed by atoms with E-state index in [-0.39, 0.29) is 38.6 Å². The molecule has 0 radical (unpaired) electrons. The van der Waals surface area contributed by atoms with Crippen LogP contribution in [0.1, 0.15) is 232 Å². The number of nitrogens with two attached hydrogens (primary N) is 1. The zero-order valence-corrected chi connectivity index (χ0v) is 44.9. The highest BCUT2D eigenvalue weighted by Gasteiger charge is 2.26. The van der Waals surface area contributed by atoms with Crippen molar-refractivity contribution >= 4 is 19.8 Å². The van der Waals surface area contributed by atoms with Crippen molar-refractivity contribution in [1.29, 1.82) is 0 Å². The van der Waals surface area contributed by atoms with Crippen LogP contribution in [-0.2, 0) is 32.7 Å². The maximum absolute atomic E-state index is 12.7. The highest BCUT2D eigenvalue weighted by molar-refractivity contribution is 7.47. The second-order valence-corrected chi connectivity index (χ2v) is 19.5. The summed E-state index contributed by atoms with van der Waals surface area (Å²) in [5.74, 6) is -0.831. The van der Waals surface area contributed by atoms with Crippen molar-refractivity contribution in [1.82, 2.24) is 0 Å². The van der Waals surface area contributed by atoms with Gasteiger partial charge in [-0.15, -0.1) is 0 Å². The van der Waals surface area contributed by atoms with Crippen LogP contribution in [0.15, 0.2) is 97.2 Å². The zero-order valence-electron chi connectivity index (χ0n) is 44.0. The molecule has 10 heteroatoms. The SMILES string of the molecule is CC/C=C\C/C=C\C/C=C\C/C=C\C/C=C\C/C=C\C/C=C\C/C=C\CCCCCCCCCCCCCCC(=O)OC(COC(=O)CCCCCCCCCCCCC)COP(=O)(O)OCCN. The van der Waals surface area contributed by atoms with Crippen molar-refractivity contribution in [2.45, 2.75) is 238 Å². The van der Waals surface area contributed by atoms with Gasteiger partial charge in [-0.25, -0.2) is 4.57 Å². The molecule has 0 aliphatic rings. The predicted molar refractivity (Wildman–Crippen MR) is 293 cm³/mol. The summed E-state index contributed by atoms with van der Waals surface area (Å²) in [6, 6.07) is 0. The topological polar surface area (TPSA) is 134 Å². The van der Waals surface area contributed by atoms with E-state index in [2.05, 4.69) is 111 Å². The molecule has 0 aliphatic carbocycles. The summed E-state index contributed by atoms with van der Waals surface area (Å²) in [4.78, 5) is 35.0. The van der Waals surface area contributed by atoms with Crippen LogP contribution in [0, 0.1) is 0 Å². The molecule has 0 aromatic heterocycles. The number of hydrogen-bond donors (Lipinski definition) is 2. The molecule has 2 atom stereocenters. The molecule has 0 saturated carbocycles. The van der Waals surface area contributed by atoms with E-state index in [9.17, 15) is 19.0 Å². The number of allylic oxidation sites excluding steroid dienone is 16. The quantitative estimate of drug-likeness (QED) is 0.0264. The van der Waals surface area contributed by atoms with Gasteiger partial charge in [-0.05, 0) is 77.0 Å². The largest absolute Gasteiger partial charge is 0.472 e. The minimum atomic E-state index is -4.38. The molecule has 0 rings (SSSR count). The summed E-state index contributed by atoms with van der Waals surface area (Å²) < 4.78 is 32.9. The molecule has 0 spiro atoms. The summed E-state index contributed by atoms with van der Waals surface area (Å²) in [6.07, 6.45) is 71.8. The first-order valence-corrected chi connectivity index (χ1v) is 29.2. The van der Waals surface area contributed by atoms with Gasteiger partial charge in [-0.2, -0.15) is 0 Å². The van der Waals surface area contributed by atoms with Gasteiger partial charge in [-0.3, -0.25) is 18.6 Å². The zero-order chi connectivity index (χ0) is 50.2. The van der Waals surface area contributed by atoms with Crippen LogP contribution in [0.2, 0.25) is 0 Å². The van der Waals surface area contributed by atoms with Gasteiger partial charge < -0.3 is 20.1 Å². The molecule has 0 heterocycles. The Balaban J connectivity index is 3.91. The van der Waals surface area contributed by atoms with E-state index in [1.165, 1.54) is 109 Å². The first kappa shape index (κ1) is 65.9. The Hall–Kier alpha value is -3.07. The Morgan fingerprint density at radius 1 is 0.449 bits per heavy atom. The number of hydrogen-bond acceptors (Lipinski definition) is 8. The maximum Gasteiger partial charge on any atom is 0.472 e. The molecule has 0 aliphatic heterocycles. The number of carbonyl (C=O) groups excluding carboxylic acids is 2. The van der Waals surface area contributed by atoms with Crippen molar-refractivity contribution in [3.8, 4) is 0 Å². The molecule has 0 saturated heterocycles. The van der Waals surface area contributed by atoms with E-state index >= 15 is 0 Å². The Morgan fingerprint density at radius 2 is 0.797 bits per heavy atom. The van der Waals surface area contributed by atoms with Crippen LogP contribution in [0.4, 0.5) is 0 Å². The van der Waals surface area contributed by atoms with Gasteiger partial charge in [0.25, 0.3) is 0 Å². The number of phosphoric ester groups is 1. The van der Waals surface area contributed by atoms with E-state index in [0.29, 0.717) is 6.42 Å². The molecule has 0 aromatic rings. The smallest absolute Gasteiger partial charge is 0.462 e. The van der Waals surface area contributed by atoms with Crippen LogP contribution in [0.3, 0.4) is 0 Å². The molecule has 0 fully saturated rings. The Kier molecular flexibility index (Phi) is 51.9. The summed E-state index contributed by atoms with van der Waals surface area (Å²) in [6.45, 7) is 3.61. The molecule has 3 N–H and O–H groups in total. The minimum Gasteiger partial charge on any atom is -0.462 e. The number of unbranched alkanes of at least 4 members (excludes halogenated alkanes) is 22. The Bertz CT molecular complexity index is 1450. The van der Waals surface area contributed by atoms with Crippen molar-refractivity contribution in [2.24, 2.45) is 5.73 Å². The summed E-state index contributed by atoms with van der Waals surface area (Å²) >= 11 is 0. The van der Waals surface area contributed by atoms with Gasteiger partial charge in [-0.1, -0.05) is 239 Å². The van der Waals surface area contributed by atoms with Crippen LogP contribution in [0.25, 0.3) is 0 Å². The number of esters is 2. The van der Waals surface area contributed by atoms with E-state index in [1.54, 1.807) is 0 Å². The van der Waals surface area contributed by atoms with E-state index < -0.39 is 26.5 Å². The standard InChI is InChI=1S/C59H102NO8P/c1-3-5-7-9-11-13-15-16-17-18-19-20-21-22-23-24-25-26-27-28-29-30-31-32-33-34-35-36-37-38-39-40-42-44-46-48-50-52-59(62)68-57(56-67-69(63,64)66-54-53-60)55-65-58(61)51-49-47-45-43-41-14-12-10-8-6-4-2/h5,7,11,13,16-17,19-20,22-23,25-26,28-29,31-32,57H,3-4,6,8-10,12,14-15,18,21,24,27,30,33-56,60H2,1-2H3,(H,63,64)/b7-5-,13-11-,17-16-,20-19-,23-22-,26-25-,29-28-,32-31-. The lowest BCUT2D eigenvalue weighted by Gasteiger charge is -2.19. The fourth-order valence-corrected chi connectivity index (χ4v) is 8.18. The molecule has 0 amide bonds. The third-order valence-corrected chi connectivity index (χ3v) is 12.5. The molecule has 69 heavy (non-hydrogen) atoms. The molecule has 0 aromatic carbocycles. The maximum atomic E-state index is 12.7. The second kappa shape index (κ2) is 54.3. The van der Waals surface area contributed by atoms with Crippen molar-refractivity contribution in [2.75, 3.05) is 26.4 Å². The average molecular weight is 984 g/mol. The number of ether oxygens (including phenoxy) is 2. The summed E-state index contributed by atoms with van der Waals surface area (Å²) in [5.41, 5.74) is 5.36. The van der Waals surface area contributed by atoms with Crippen LogP contribution in [-0.4, -0.2) is 49.3 Å². The van der Waals surface area contributed by atoms with Crippen LogP contribution in [0.5, 0.6) is 0 Å². The second-order valence-electron chi connectivity index (χ2n) is 18.1. The van der Waals surface area contributed by atoms with Crippen molar-refractivity contribution in [3.63, 3.8) is 0 Å².